The maximum absolute atomic E-state index is 13.2. The Kier molecular flexibility index (Phi) is 17.4. The average Bonchev–Trinajstić information content (AvgIpc) is 3.06. The number of aliphatic hydroxyl groups is 3. The van der Waals surface area contributed by atoms with Crippen LogP contribution < -0.4 is 20.1 Å². The van der Waals surface area contributed by atoms with Crippen molar-refractivity contribution in [1.82, 2.24) is 10.6 Å². The number of hydrogen-bond donors (Lipinski definition) is 5. The zero-order chi connectivity index (χ0) is 36.1. The monoisotopic (exact) mass is 724 g/mol. The number of halogens is 1. The fourth-order valence-electron chi connectivity index (χ4n) is 5.24. The van der Waals surface area contributed by atoms with Gasteiger partial charge in [-0.05, 0) is 50.8 Å². The van der Waals surface area contributed by atoms with E-state index in [1.807, 2.05) is 45.0 Å². The van der Waals surface area contributed by atoms with Gasteiger partial charge in [-0.15, -0.1) is 0 Å². The molecule has 13 nitrogen and oxygen atoms in total. The number of carbonyl (C=O) groups excluding carboxylic acids is 3. The third-order valence-electron chi connectivity index (χ3n) is 7.74. The molecule has 0 unspecified atom stereocenters. The quantitative estimate of drug-likeness (QED) is 0.117. The van der Waals surface area contributed by atoms with Crippen LogP contribution in [0.1, 0.15) is 88.2 Å². The minimum atomic E-state index is -1.48. The number of nitrogens with one attached hydrogen (secondary N) is 2. The molecule has 2 aromatic carbocycles. The van der Waals surface area contributed by atoms with Crippen molar-refractivity contribution in [3.8, 4) is 11.5 Å². The van der Waals surface area contributed by atoms with Gasteiger partial charge in [-0.25, -0.2) is 0 Å². The molecular weight excluding hydrogens is 672 g/mol. The Morgan fingerprint density at radius 2 is 1.62 bits per heavy atom. The molecule has 14 heteroatoms. The fourth-order valence-corrected chi connectivity index (χ4v) is 5.46. The topological polar surface area (TPSA) is 182 Å². The van der Waals surface area contributed by atoms with Gasteiger partial charge in [-0.2, -0.15) is 0 Å². The average molecular weight is 725 g/mol. The summed E-state index contributed by atoms with van der Waals surface area (Å²) < 4.78 is 27.4. The molecule has 1 aliphatic heterocycles. The van der Waals surface area contributed by atoms with Crippen molar-refractivity contribution in [3.05, 3.63) is 58.1 Å². The molecule has 1 fully saturated rings. The molecule has 1 saturated heterocycles. The van der Waals surface area contributed by atoms with E-state index in [2.05, 4.69) is 10.6 Å². The molecule has 0 aliphatic carbocycles. The molecule has 0 spiro atoms. The summed E-state index contributed by atoms with van der Waals surface area (Å²) in [6.07, 6.45) is -1.22. The normalized spacial score (nSPS) is 20.3. The number of methoxy groups -OCH3 is 2. The number of benzene rings is 2. The smallest absolute Gasteiger partial charge is 0.306 e. The van der Waals surface area contributed by atoms with Gasteiger partial charge in [0.1, 0.15) is 48.1 Å². The molecule has 2 aromatic rings. The van der Waals surface area contributed by atoms with Crippen LogP contribution in [0.4, 0.5) is 0 Å². The van der Waals surface area contributed by atoms with Crippen molar-refractivity contribution < 1.29 is 53.4 Å². The van der Waals surface area contributed by atoms with E-state index in [9.17, 15) is 29.7 Å². The van der Waals surface area contributed by atoms with E-state index in [1.54, 1.807) is 0 Å². The molecule has 5 N–H and O–H groups in total. The molecule has 280 valence electrons. The molecule has 50 heavy (non-hydrogen) atoms. The van der Waals surface area contributed by atoms with E-state index >= 15 is 0 Å². The third kappa shape index (κ3) is 13.0. The molecule has 0 saturated carbocycles. The van der Waals surface area contributed by atoms with Crippen molar-refractivity contribution in [2.45, 2.75) is 116 Å². The first kappa shape index (κ1) is 42.7. The first-order valence-corrected chi connectivity index (χ1v) is 16.7. The van der Waals surface area contributed by atoms with E-state index in [0.29, 0.717) is 19.4 Å². The predicted octanol–water partition coefficient (Wildman–Crippen LogP) is 4.05. The summed E-state index contributed by atoms with van der Waals surface area (Å²) in [7, 11) is 2.68. The van der Waals surface area contributed by atoms with Gasteiger partial charge in [0.05, 0.1) is 24.3 Å². The lowest BCUT2D eigenvalue weighted by atomic mass is 9.96. The van der Waals surface area contributed by atoms with Crippen LogP contribution >= 0.6 is 11.6 Å². The lowest BCUT2D eigenvalue weighted by Gasteiger charge is -2.41. The van der Waals surface area contributed by atoms with Gasteiger partial charge in [-0.3, -0.25) is 14.4 Å². The maximum Gasteiger partial charge on any atom is 0.306 e. The molecular formula is C36H53ClN2O11. The van der Waals surface area contributed by atoms with Crippen LogP contribution in [0.5, 0.6) is 11.5 Å². The fraction of sp³-hybridized carbons (Fsp3) is 0.583. The van der Waals surface area contributed by atoms with Gasteiger partial charge in [0.15, 0.2) is 6.29 Å². The Balaban J connectivity index is 0.00000867. The second kappa shape index (κ2) is 20.4. The van der Waals surface area contributed by atoms with Crippen molar-refractivity contribution >= 4 is 29.4 Å². The largest absolute Gasteiger partial charge is 0.496 e. The lowest BCUT2D eigenvalue weighted by molar-refractivity contribution is -0.261. The van der Waals surface area contributed by atoms with Crippen molar-refractivity contribution in [2.24, 2.45) is 0 Å². The van der Waals surface area contributed by atoms with Gasteiger partial charge < -0.3 is 49.6 Å². The highest BCUT2D eigenvalue weighted by molar-refractivity contribution is 6.32. The lowest BCUT2D eigenvalue weighted by Crippen LogP contribution is -2.64. The van der Waals surface area contributed by atoms with Crippen LogP contribution in [0.15, 0.2) is 36.4 Å². The summed E-state index contributed by atoms with van der Waals surface area (Å²) in [5.74, 6) is -0.523. The third-order valence-corrected chi connectivity index (χ3v) is 8.04. The maximum atomic E-state index is 13.2. The highest BCUT2D eigenvalue weighted by atomic mass is 35.5. The van der Waals surface area contributed by atoms with E-state index in [4.69, 9.17) is 35.3 Å². The number of aliphatic hydroxyl groups excluding tert-OH is 3. The van der Waals surface area contributed by atoms with Crippen LogP contribution in [0.25, 0.3) is 0 Å². The van der Waals surface area contributed by atoms with Gasteiger partial charge in [0.2, 0.25) is 5.91 Å². The van der Waals surface area contributed by atoms with E-state index in [0.717, 1.165) is 36.8 Å². The Bertz CT molecular complexity index is 1400. The number of esters is 1. The summed E-state index contributed by atoms with van der Waals surface area (Å²) in [4.78, 5) is 37.4. The van der Waals surface area contributed by atoms with Crippen LogP contribution in [0.3, 0.4) is 0 Å². The number of ether oxygens (including phenoxy) is 5. The standard InChI is InChI=1S/C35H49ClN2O11.CH4/c1-35(2,3)49-29(41)14-9-7-6-8-13-28(40)37-18-21-11-10-12-22(15-21)20-47-26-17-25(45-4)23(16-24(26)36)33(44)38-30-32(43)31(42)27(19-39)48-34(30)46-5;/h10-12,15-17,27,30-32,34,39,42-43H,6-9,13-14,18-20H2,1-5H3,(H,37,40)(H,38,44);1H4/t27-,30-,31-,32-,34+;/m1./s1. The highest BCUT2D eigenvalue weighted by Gasteiger charge is 2.45. The Morgan fingerprint density at radius 3 is 2.26 bits per heavy atom. The van der Waals surface area contributed by atoms with Crippen LogP contribution in [0.2, 0.25) is 5.02 Å². The van der Waals surface area contributed by atoms with Gasteiger partial charge in [0, 0.05) is 32.6 Å². The minimum Gasteiger partial charge on any atom is -0.496 e. The van der Waals surface area contributed by atoms with Gasteiger partial charge >= 0.3 is 5.97 Å². The van der Waals surface area contributed by atoms with Crippen molar-refractivity contribution in [2.75, 3.05) is 20.8 Å². The van der Waals surface area contributed by atoms with E-state index in [1.165, 1.54) is 26.4 Å². The summed E-state index contributed by atoms with van der Waals surface area (Å²) in [6, 6.07) is 9.21. The van der Waals surface area contributed by atoms with Crippen LogP contribution in [0, 0.1) is 0 Å². The molecule has 1 heterocycles. The van der Waals surface area contributed by atoms with Crippen LogP contribution in [-0.4, -0.2) is 90.2 Å². The predicted molar refractivity (Wildman–Crippen MR) is 187 cm³/mol. The van der Waals surface area contributed by atoms with E-state index in [-0.39, 0.29) is 48.0 Å². The Morgan fingerprint density at radius 1 is 0.940 bits per heavy atom. The summed E-state index contributed by atoms with van der Waals surface area (Å²) in [6.45, 7) is 5.48. The summed E-state index contributed by atoms with van der Waals surface area (Å²) in [5.41, 5.74) is 1.27. The van der Waals surface area contributed by atoms with Crippen molar-refractivity contribution in [3.63, 3.8) is 0 Å². The highest BCUT2D eigenvalue weighted by Crippen LogP contribution is 2.34. The zero-order valence-electron chi connectivity index (χ0n) is 28.7. The first-order valence-electron chi connectivity index (χ1n) is 16.3. The molecule has 0 bridgehead atoms. The number of hydrogen-bond acceptors (Lipinski definition) is 11. The first-order chi connectivity index (χ1) is 23.3. The number of amides is 2. The molecule has 0 aromatic heterocycles. The van der Waals surface area contributed by atoms with Gasteiger partial charge in [0.25, 0.3) is 5.91 Å². The Labute approximate surface area is 299 Å². The molecule has 2 amide bonds. The summed E-state index contributed by atoms with van der Waals surface area (Å²) in [5, 5.41) is 35.9. The second-order valence-electron chi connectivity index (χ2n) is 12.8. The zero-order valence-corrected chi connectivity index (χ0v) is 29.5. The van der Waals surface area contributed by atoms with Gasteiger partial charge in [-0.1, -0.05) is 56.1 Å². The van der Waals surface area contributed by atoms with E-state index < -0.39 is 48.8 Å². The summed E-state index contributed by atoms with van der Waals surface area (Å²) >= 11 is 6.48. The molecule has 5 atom stereocenters. The van der Waals surface area contributed by atoms with Crippen molar-refractivity contribution in [1.29, 1.82) is 0 Å². The number of rotatable bonds is 17. The minimum absolute atomic E-state index is 0. The second-order valence-corrected chi connectivity index (χ2v) is 13.2. The molecule has 1 aliphatic rings. The molecule has 3 rings (SSSR count). The number of carbonyl (C=O) groups is 3. The number of unbranched alkanes of at least 4 members (excludes halogenated alkanes) is 3. The van der Waals surface area contributed by atoms with Crippen LogP contribution in [-0.2, 0) is 37.0 Å². The molecule has 0 radical (unpaired) electrons. The Hall–Kier alpha value is -3.46. The SMILES string of the molecule is C.COc1cc(OCc2cccc(CNC(=O)CCCCCCC(=O)OC(C)(C)C)c2)c(Cl)cc1C(=O)N[C@H]1[C@@H](OC)O[C@H](CO)[C@@H](O)[C@@H]1O.